The Kier molecular flexibility index (Phi) is 50.6. The van der Waals surface area contributed by atoms with E-state index in [0.29, 0.717) is 19.3 Å². The van der Waals surface area contributed by atoms with Crippen molar-refractivity contribution >= 4 is 11.9 Å². The summed E-state index contributed by atoms with van der Waals surface area (Å²) < 4.78 is 5.93. The number of nitrogens with one attached hydrogen (secondary N) is 1. The topological polar surface area (TPSA) is 95.9 Å². The van der Waals surface area contributed by atoms with Crippen LogP contribution in [0.15, 0.2) is 60.8 Å². The molecule has 3 unspecified atom stereocenters. The summed E-state index contributed by atoms with van der Waals surface area (Å²) in [6.45, 7) is 6.45. The molecule has 0 spiro atoms. The maximum atomic E-state index is 13.2. The molecule has 0 saturated carbocycles. The number of ether oxygens (including phenoxy) is 1. The highest BCUT2D eigenvalue weighted by Gasteiger charge is 2.24. The molecule has 0 aromatic carbocycles. The minimum absolute atomic E-state index is 0.0381. The smallest absolute Gasteiger partial charge is 0.306 e. The molecule has 0 rings (SSSR count). The molecule has 0 saturated heterocycles. The van der Waals surface area contributed by atoms with E-state index in [4.69, 9.17) is 4.74 Å². The lowest BCUT2D eigenvalue weighted by molar-refractivity contribution is -0.151. The highest BCUT2D eigenvalue weighted by Crippen LogP contribution is 2.17. The molecule has 378 valence electrons. The van der Waals surface area contributed by atoms with Crippen LogP contribution in [0.25, 0.3) is 0 Å². The number of aliphatic hydroxyl groups excluding tert-OH is 2. The standard InChI is InChI=1S/C59H107NO5/c1-4-7-10-13-16-19-22-25-27-29-31-33-35-38-41-44-47-50-55(65-59(64)52-49-46-43-40-37-34-32-30-28-26-23-20-17-14-11-8-5-2)53-58(63)60-56(54-61)57(62)51-48-45-42-39-36-24-21-18-15-12-9-6-3/h16,19,25-28,31,33,38,41,55-57,61-62H,4-15,17-18,20-24,29-30,32,34-37,39-40,42-54H2,1-3H3,(H,60,63)/b19-16-,27-25-,28-26+,33-31-,41-38-. The Bertz CT molecular complexity index is 1160. The van der Waals surface area contributed by atoms with Gasteiger partial charge in [0.1, 0.15) is 6.10 Å². The fourth-order valence-corrected chi connectivity index (χ4v) is 8.30. The SMILES string of the molecule is CCCCC/C=C\C/C=C\C/C=C\C/C=C\CCCC(CC(=O)NC(CO)C(O)CCCCCCCCCCCCCC)OC(=O)CCCCCCCCC/C=C/CCCCCCCC. The number of hydrogen-bond acceptors (Lipinski definition) is 5. The van der Waals surface area contributed by atoms with Crippen LogP contribution in [0, 0.1) is 0 Å². The van der Waals surface area contributed by atoms with Crippen molar-refractivity contribution in [1.29, 1.82) is 0 Å². The molecular weight excluding hydrogens is 803 g/mol. The molecule has 0 radical (unpaired) electrons. The van der Waals surface area contributed by atoms with Crippen LogP contribution in [-0.4, -0.2) is 46.9 Å². The molecular formula is C59H107NO5. The predicted octanol–water partition coefficient (Wildman–Crippen LogP) is 17.2. The molecule has 0 aliphatic heterocycles. The normalized spacial score (nSPS) is 13.6. The molecule has 3 N–H and O–H groups in total. The summed E-state index contributed by atoms with van der Waals surface area (Å²) >= 11 is 0. The maximum Gasteiger partial charge on any atom is 0.306 e. The number of amides is 1. The van der Waals surface area contributed by atoms with E-state index in [-0.39, 0.29) is 24.9 Å². The third-order valence-corrected chi connectivity index (χ3v) is 12.6. The van der Waals surface area contributed by atoms with Crippen LogP contribution in [0.4, 0.5) is 0 Å². The van der Waals surface area contributed by atoms with E-state index >= 15 is 0 Å². The van der Waals surface area contributed by atoms with Gasteiger partial charge in [-0.25, -0.2) is 0 Å². The molecule has 0 aliphatic carbocycles. The number of unbranched alkanes of at least 4 members (excludes halogenated alkanes) is 28. The second-order valence-corrected chi connectivity index (χ2v) is 19.0. The first-order valence-corrected chi connectivity index (χ1v) is 28.0. The van der Waals surface area contributed by atoms with Crippen LogP contribution in [0.5, 0.6) is 0 Å². The van der Waals surface area contributed by atoms with Gasteiger partial charge in [0.15, 0.2) is 0 Å². The van der Waals surface area contributed by atoms with Gasteiger partial charge < -0.3 is 20.3 Å². The third kappa shape index (κ3) is 47.8. The monoisotopic (exact) mass is 910 g/mol. The van der Waals surface area contributed by atoms with Crippen molar-refractivity contribution in [3.8, 4) is 0 Å². The highest BCUT2D eigenvalue weighted by molar-refractivity contribution is 5.77. The Morgan fingerprint density at radius 2 is 0.800 bits per heavy atom. The molecule has 0 aliphatic rings. The van der Waals surface area contributed by atoms with Crippen LogP contribution in [0.2, 0.25) is 0 Å². The predicted molar refractivity (Wildman–Crippen MR) is 282 cm³/mol. The van der Waals surface area contributed by atoms with Crippen molar-refractivity contribution in [2.24, 2.45) is 0 Å². The summed E-state index contributed by atoms with van der Waals surface area (Å²) in [5, 5.41) is 23.8. The Morgan fingerprint density at radius 3 is 1.26 bits per heavy atom. The lowest BCUT2D eigenvalue weighted by Gasteiger charge is -2.24. The molecule has 6 heteroatoms. The van der Waals surface area contributed by atoms with Crippen LogP contribution in [0.1, 0.15) is 278 Å². The van der Waals surface area contributed by atoms with E-state index in [1.165, 1.54) is 161 Å². The Balaban J connectivity index is 4.67. The van der Waals surface area contributed by atoms with Crippen LogP contribution < -0.4 is 5.32 Å². The van der Waals surface area contributed by atoms with Gasteiger partial charge in [-0.3, -0.25) is 9.59 Å². The molecule has 0 aromatic heterocycles. The summed E-state index contributed by atoms with van der Waals surface area (Å²) in [7, 11) is 0. The van der Waals surface area contributed by atoms with Gasteiger partial charge in [-0.1, -0.05) is 236 Å². The van der Waals surface area contributed by atoms with Crippen LogP contribution >= 0.6 is 0 Å². The average molecular weight is 911 g/mol. The number of carbonyl (C=O) groups excluding carboxylic acids is 2. The molecule has 3 atom stereocenters. The second-order valence-electron chi connectivity index (χ2n) is 19.0. The molecule has 6 nitrogen and oxygen atoms in total. The van der Waals surface area contributed by atoms with Crippen molar-refractivity contribution < 1.29 is 24.5 Å². The fraction of sp³-hybridized carbons (Fsp3) is 0.797. The fourth-order valence-electron chi connectivity index (χ4n) is 8.30. The first kappa shape index (κ1) is 62.6. The minimum atomic E-state index is -0.804. The van der Waals surface area contributed by atoms with E-state index in [1.807, 2.05) is 0 Å². The van der Waals surface area contributed by atoms with Gasteiger partial charge in [-0.2, -0.15) is 0 Å². The Hall–Kier alpha value is -2.44. The number of hydrogen-bond donors (Lipinski definition) is 3. The first-order valence-electron chi connectivity index (χ1n) is 28.0. The number of aliphatic hydroxyl groups is 2. The zero-order chi connectivity index (χ0) is 47.4. The van der Waals surface area contributed by atoms with Crippen molar-refractivity contribution in [2.45, 2.75) is 296 Å². The van der Waals surface area contributed by atoms with E-state index in [1.54, 1.807) is 0 Å². The van der Waals surface area contributed by atoms with Crippen molar-refractivity contribution in [3.05, 3.63) is 60.8 Å². The largest absolute Gasteiger partial charge is 0.462 e. The molecule has 1 amide bonds. The van der Waals surface area contributed by atoms with Crippen LogP contribution in [-0.2, 0) is 14.3 Å². The Morgan fingerprint density at radius 1 is 0.446 bits per heavy atom. The molecule has 0 fully saturated rings. The third-order valence-electron chi connectivity index (χ3n) is 12.6. The zero-order valence-electron chi connectivity index (χ0n) is 43.1. The first-order chi connectivity index (χ1) is 32.0. The number of carbonyl (C=O) groups is 2. The van der Waals surface area contributed by atoms with Crippen molar-refractivity contribution in [3.63, 3.8) is 0 Å². The van der Waals surface area contributed by atoms with Gasteiger partial charge in [-0.05, 0) is 89.9 Å². The quantitative estimate of drug-likeness (QED) is 0.0321. The molecule has 65 heavy (non-hydrogen) atoms. The van der Waals surface area contributed by atoms with E-state index < -0.39 is 18.2 Å². The second kappa shape index (κ2) is 52.5. The van der Waals surface area contributed by atoms with E-state index in [2.05, 4.69) is 86.8 Å². The molecule has 0 aromatic rings. The Labute approximate surface area is 403 Å². The van der Waals surface area contributed by atoms with Gasteiger partial charge in [0, 0.05) is 6.42 Å². The number of esters is 1. The van der Waals surface area contributed by atoms with E-state index in [9.17, 15) is 19.8 Å². The molecule has 0 heterocycles. The van der Waals surface area contributed by atoms with Gasteiger partial charge in [0.25, 0.3) is 0 Å². The van der Waals surface area contributed by atoms with Gasteiger partial charge in [0.05, 0.1) is 25.2 Å². The van der Waals surface area contributed by atoms with Crippen molar-refractivity contribution in [1.82, 2.24) is 5.32 Å². The summed E-state index contributed by atoms with van der Waals surface area (Å²) in [5.74, 6) is -0.527. The van der Waals surface area contributed by atoms with Gasteiger partial charge in [0.2, 0.25) is 5.91 Å². The maximum absolute atomic E-state index is 13.2. The number of rotatable bonds is 50. The van der Waals surface area contributed by atoms with Crippen molar-refractivity contribution in [2.75, 3.05) is 6.61 Å². The highest BCUT2D eigenvalue weighted by atomic mass is 16.5. The summed E-state index contributed by atoms with van der Waals surface area (Å²) in [6.07, 6.45) is 65.7. The molecule has 0 bridgehead atoms. The van der Waals surface area contributed by atoms with Crippen LogP contribution in [0.3, 0.4) is 0 Å². The lowest BCUT2D eigenvalue weighted by Crippen LogP contribution is -2.46. The number of allylic oxidation sites excluding steroid dienone is 10. The summed E-state index contributed by atoms with van der Waals surface area (Å²) in [6, 6.07) is -0.721. The van der Waals surface area contributed by atoms with E-state index in [0.717, 1.165) is 70.6 Å². The zero-order valence-corrected chi connectivity index (χ0v) is 43.1. The lowest BCUT2D eigenvalue weighted by atomic mass is 10.0. The van der Waals surface area contributed by atoms with Gasteiger partial charge >= 0.3 is 5.97 Å². The summed E-state index contributed by atoms with van der Waals surface area (Å²) in [5.41, 5.74) is 0. The average Bonchev–Trinajstić information content (AvgIpc) is 3.30. The minimum Gasteiger partial charge on any atom is -0.462 e. The summed E-state index contributed by atoms with van der Waals surface area (Å²) in [4.78, 5) is 26.2. The van der Waals surface area contributed by atoms with Gasteiger partial charge in [-0.15, -0.1) is 0 Å².